The first kappa shape index (κ1) is 12.6. The summed E-state index contributed by atoms with van der Waals surface area (Å²) < 4.78 is 0. The maximum Gasteiger partial charge on any atom is 0.271 e. The Morgan fingerprint density at radius 1 is 1.31 bits per heavy atom. The van der Waals surface area contributed by atoms with E-state index in [0.29, 0.717) is 5.69 Å². The van der Waals surface area contributed by atoms with Crippen molar-refractivity contribution in [2.24, 2.45) is 0 Å². The van der Waals surface area contributed by atoms with Gasteiger partial charge in [-0.05, 0) is 13.8 Å². The molecule has 0 aliphatic carbocycles. The average molecular weight is 221 g/mol. The highest BCUT2D eigenvalue weighted by atomic mass is 16.1. The van der Waals surface area contributed by atoms with Crippen molar-refractivity contribution in [3.63, 3.8) is 0 Å². The maximum atomic E-state index is 11.7. The van der Waals surface area contributed by atoms with E-state index in [-0.39, 0.29) is 17.4 Å². The summed E-state index contributed by atoms with van der Waals surface area (Å²) in [5.74, 6) is -0.173. The molecule has 16 heavy (non-hydrogen) atoms. The lowest BCUT2D eigenvalue weighted by atomic mass is 9.92. The Hall–Kier alpha value is -1.45. The molecule has 0 aliphatic heterocycles. The molecule has 4 heteroatoms. The van der Waals surface area contributed by atoms with E-state index in [4.69, 9.17) is 0 Å². The molecule has 4 nitrogen and oxygen atoms in total. The van der Waals surface area contributed by atoms with Crippen LogP contribution in [0, 0.1) is 0 Å². The third kappa shape index (κ3) is 3.29. The molecule has 0 atom stereocenters. The van der Waals surface area contributed by atoms with Crippen LogP contribution >= 0.6 is 0 Å². The first-order chi connectivity index (χ1) is 7.30. The monoisotopic (exact) mass is 221 g/mol. The number of carbonyl (C=O) groups excluding carboxylic acids is 1. The molecule has 0 unspecified atom stereocenters. The van der Waals surface area contributed by atoms with Gasteiger partial charge in [0.25, 0.3) is 5.91 Å². The van der Waals surface area contributed by atoms with Crippen molar-refractivity contribution in [1.82, 2.24) is 15.3 Å². The van der Waals surface area contributed by atoms with Gasteiger partial charge >= 0.3 is 0 Å². The minimum absolute atomic E-state index is 0.0961. The third-order valence-electron chi connectivity index (χ3n) is 2.06. The molecule has 0 spiro atoms. The molecular formula is C12H19N3O. The van der Waals surface area contributed by atoms with Crippen LogP contribution in [0.1, 0.15) is 50.8 Å². The summed E-state index contributed by atoms with van der Waals surface area (Å²) in [6, 6.07) is 0.104. The molecule has 0 bridgehead atoms. The molecule has 0 saturated heterocycles. The number of rotatable bonds is 2. The zero-order valence-electron chi connectivity index (χ0n) is 10.5. The van der Waals surface area contributed by atoms with Crippen molar-refractivity contribution in [3.05, 3.63) is 23.8 Å². The van der Waals surface area contributed by atoms with E-state index < -0.39 is 0 Å². The summed E-state index contributed by atoms with van der Waals surface area (Å²) in [4.78, 5) is 20.1. The summed E-state index contributed by atoms with van der Waals surface area (Å²) in [6.45, 7) is 9.96. The highest BCUT2D eigenvalue weighted by Crippen LogP contribution is 2.18. The largest absolute Gasteiger partial charge is 0.348 e. The van der Waals surface area contributed by atoms with E-state index in [9.17, 15) is 4.79 Å². The topological polar surface area (TPSA) is 54.9 Å². The molecule has 1 heterocycles. The SMILES string of the molecule is CC(C)NC(=O)c1cncc(C(C)(C)C)n1. The normalized spacial score (nSPS) is 11.6. The molecule has 0 fully saturated rings. The fraction of sp³-hybridized carbons (Fsp3) is 0.583. The van der Waals surface area contributed by atoms with Gasteiger partial charge in [0.15, 0.2) is 0 Å². The van der Waals surface area contributed by atoms with E-state index in [1.807, 2.05) is 34.6 Å². The number of nitrogens with zero attached hydrogens (tertiary/aromatic N) is 2. The predicted octanol–water partition coefficient (Wildman–Crippen LogP) is 1.91. The van der Waals surface area contributed by atoms with E-state index >= 15 is 0 Å². The van der Waals surface area contributed by atoms with Gasteiger partial charge in [-0.3, -0.25) is 9.78 Å². The summed E-state index contributed by atoms with van der Waals surface area (Å²) in [7, 11) is 0. The summed E-state index contributed by atoms with van der Waals surface area (Å²) >= 11 is 0. The van der Waals surface area contributed by atoms with Crippen LogP contribution in [0.4, 0.5) is 0 Å². The second-order valence-electron chi connectivity index (χ2n) is 5.17. The smallest absolute Gasteiger partial charge is 0.271 e. The molecule has 1 aromatic rings. The lowest BCUT2D eigenvalue weighted by Crippen LogP contribution is -2.31. The van der Waals surface area contributed by atoms with Crippen molar-refractivity contribution in [3.8, 4) is 0 Å². The summed E-state index contributed by atoms with van der Waals surface area (Å²) in [5.41, 5.74) is 1.10. The Labute approximate surface area is 96.5 Å². The molecule has 1 aromatic heterocycles. The molecule has 0 radical (unpaired) electrons. The van der Waals surface area contributed by atoms with Crippen LogP contribution in [0.5, 0.6) is 0 Å². The van der Waals surface area contributed by atoms with Crippen molar-refractivity contribution >= 4 is 5.91 Å². The quantitative estimate of drug-likeness (QED) is 0.830. The van der Waals surface area contributed by atoms with E-state index in [2.05, 4.69) is 15.3 Å². The van der Waals surface area contributed by atoms with Crippen molar-refractivity contribution in [1.29, 1.82) is 0 Å². The minimum Gasteiger partial charge on any atom is -0.348 e. The second kappa shape index (κ2) is 4.60. The van der Waals surface area contributed by atoms with Gasteiger partial charge in [-0.2, -0.15) is 0 Å². The van der Waals surface area contributed by atoms with Gasteiger partial charge in [-0.1, -0.05) is 20.8 Å². The van der Waals surface area contributed by atoms with Gasteiger partial charge in [-0.25, -0.2) is 4.98 Å². The molecule has 1 rings (SSSR count). The van der Waals surface area contributed by atoms with E-state index in [0.717, 1.165) is 5.69 Å². The number of hydrogen-bond acceptors (Lipinski definition) is 3. The Kier molecular flexibility index (Phi) is 3.62. The standard InChI is InChI=1S/C12H19N3O/c1-8(2)14-11(16)9-6-13-7-10(15-9)12(3,4)5/h6-8H,1-5H3,(H,14,16). The Morgan fingerprint density at radius 3 is 2.44 bits per heavy atom. The van der Waals surface area contributed by atoms with Crippen LogP contribution in [0.3, 0.4) is 0 Å². The fourth-order valence-electron chi connectivity index (χ4n) is 1.17. The fourth-order valence-corrected chi connectivity index (χ4v) is 1.17. The van der Waals surface area contributed by atoms with Gasteiger partial charge in [0.1, 0.15) is 5.69 Å². The van der Waals surface area contributed by atoms with Crippen LogP contribution in [0.25, 0.3) is 0 Å². The number of amides is 1. The Bertz CT molecular complexity index is 380. The molecule has 1 N–H and O–H groups in total. The van der Waals surface area contributed by atoms with Crippen molar-refractivity contribution < 1.29 is 4.79 Å². The van der Waals surface area contributed by atoms with Gasteiger partial charge < -0.3 is 5.32 Å². The molecule has 0 aromatic carbocycles. The number of carbonyl (C=O) groups is 1. The highest BCUT2D eigenvalue weighted by Gasteiger charge is 2.18. The van der Waals surface area contributed by atoms with Gasteiger partial charge in [0.2, 0.25) is 0 Å². The first-order valence-corrected chi connectivity index (χ1v) is 5.44. The number of nitrogens with one attached hydrogen (secondary N) is 1. The van der Waals surface area contributed by atoms with Crippen LogP contribution < -0.4 is 5.32 Å². The molecular weight excluding hydrogens is 202 g/mol. The predicted molar refractivity (Wildman–Crippen MR) is 63.3 cm³/mol. The van der Waals surface area contributed by atoms with Crippen LogP contribution in [0.15, 0.2) is 12.4 Å². The summed E-state index contributed by atoms with van der Waals surface area (Å²) in [5, 5.41) is 2.80. The molecule has 1 amide bonds. The maximum absolute atomic E-state index is 11.7. The van der Waals surface area contributed by atoms with Gasteiger partial charge in [-0.15, -0.1) is 0 Å². The lowest BCUT2D eigenvalue weighted by Gasteiger charge is -2.17. The summed E-state index contributed by atoms with van der Waals surface area (Å²) in [6.07, 6.45) is 3.19. The molecule has 88 valence electrons. The van der Waals surface area contributed by atoms with E-state index in [1.165, 1.54) is 6.20 Å². The van der Waals surface area contributed by atoms with Crippen LogP contribution in [-0.4, -0.2) is 21.9 Å². The molecule has 0 saturated carbocycles. The van der Waals surface area contributed by atoms with Crippen LogP contribution in [-0.2, 0) is 5.41 Å². The number of hydrogen-bond donors (Lipinski definition) is 1. The first-order valence-electron chi connectivity index (χ1n) is 5.44. The minimum atomic E-state index is -0.173. The Morgan fingerprint density at radius 2 is 1.94 bits per heavy atom. The average Bonchev–Trinajstić information content (AvgIpc) is 2.15. The second-order valence-corrected chi connectivity index (χ2v) is 5.17. The van der Waals surface area contributed by atoms with Gasteiger partial charge in [0, 0.05) is 17.7 Å². The number of aromatic nitrogens is 2. The third-order valence-corrected chi connectivity index (χ3v) is 2.06. The molecule has 0 aliphatic rings. The van der Waals surface area contributed by atoms with Crippen molar-refractivity contribution in [2.45, 2.75) is 46.1 Å². The zero-order valence-corrected chi connectivity index (χ0v) is 10.5. The lowest BCUT2D eigenvalue weighted by molar-refractivity contribution is 0.0937. The zero-order chi connectivity index (χ0) is 12.3. The van der Waals surface area contributed by atoms with Gasteiger partial charge in [0.05, 0.1) is 11.9 Å². The Balaban J connectivity index is 2.95. The van der Waals surface area contributed by atoms with E-state index in [1.54, 1.807) is 6.20 Å². The van der Waals surface area contributed by atoms with Crippen LogP contribution in [0.2, 0.25) is 0 Å². The highest BCUT2D eigenvalue weighted by molar-refractivity contribution is 5.92. The van der Waals surface area contributed by atoms with Crippen molar-refractivity contribution in [2.75, 3.05) is 0 Å².